The van der Waals surface area contributed by atoms with Crippen LogP contribution in [0.3, 0.4) is 0 Å². The van der Waals surface area contributed by atoms with E-state index in [1.807, 2.05) is 0 Å². The lowest BCUT2D eigenvalue weighted by atomic mass is 10.1. The lowest BCUT2D eigenvalue weighted by Crippen LogP contribution is -2.33. The Morgan fingerprint density at radius 2 is 1.79 bits per heavy atom. The standard InChI is InChI=1S/C13H12BrNO4/c1-19-13(18)10(14)6-7-15-11(16)8-4-2-3-5-9(8)12(15)17/h2-5,10H,6-7H2,1H3. The van der Waals surface area contributed by atoms with Crippen LogP contribution in [0.1, 0.15) is 27.1 Å². The number of benzene rings is 1. The molecule has 0 N–H and O–H groups in total. The molecule has 0 bridgehead atoms. The highest BCUT2D eigenvalue weighted by Crippen LogP contribution is 2.23. The normalized spacial score (nSPS) is 15.4. The summed E-state index contributed by atoms with van der Waals surface area (Å²) in [6.07, 6.45) is 0.318. The summed E-state index contributed by atoms with van der Waals surface area (Å²) in [4.78, 5) is 35.9. The fraction of sp³-hybridized carbons (Fsp3) is 0.308. The lowest BCUT2D eigenvalue weighted by Gasteiger charge is -2.15. The van der Waals surface area contributed by atoms with Crippen molar-refractivity contribution in [1.82, 2.24) is 4.90 Å². The number of ether oxygens (including phenoxy) is 1. The maximum Gasteiger partial charge on any atom is 0.319 e. The molecule has 0 radical (unpaired) electrons. The summed E-state index contributed by atoms with van der Waals surface area (Å²) in [6, 6.07) is 6.69. The van der Waals surface area contributed by atoms with Crippen molar-refractivity contribution in [1.29, 1.82) is 0 Å². The molecule has 1 unspecified atom stereocenters. The van der Waals surface area contributed by atoms with Gasteiger partial charge in [-0.15, -0.1) is 0 Å². The van der Waals surface area contributed by atoms with Gasteiger partial charge in [-0.2, -0.15) is 0 Å². The van der Waals surface area contributed by atoms with Crippen LogP contribution in [0.5, 0.6) is 0 Å². The Bertz CT molecular complexity index is 508. The van der Waals surface area contributed by atoms with Crippen LogP contribution in [0, 0.1) is 0 Å². The van der Waals surface area contributed by atoms with Gasteiger partial charge in [0.25, 0.3) is 11.8 Å². The monoisotopic (exact) mass is 325 g/mol. The van der Waals surface area contributed by atoms with Crippen LogP contribution in [-0.2, 0) is 9.53 Å². The first kappa shape index (κ1) is 13.7. The van der Waals surface area contributed by atoms with Gasteiger partial charge in [0.1, 0.15) is 4.83 Å². The number of hydrogen-bond donors (Lipinski definition) is 0. The van der Waals surface area contributed by atoms with E-state index >= 15 is 0 Å². The minimum Gasteiger partial charge on any atom is -0.468 e. The Kier molecular flexibility index (Phi) is 3.99. The van der Waals surface area contributed by atoms with Crippen molar-refractivity contribution < 1.29 is 19.1 Å². The largest absolute Gasteiger partial charge is 0.468 e. The van der Waals surface area contributed by atoms with Crippen molar-refractivity contribution in [3.8, 4) is 0 Å². The second-order valence-electron chi connectivity index (χ2n) is 4.09. The Morgan fingerprint density at radius 1 is 1.26 bits per heavy atom. The minimum absolute atomic E-state index is 0.178. The molecule has 1 aromatic rings. The molecule has 2 rings (SSSR count). The first-order valence-electron chi connectivity index (χ1n) is 5.73. The molecule has 1 aliphatic rings. The summed E-state index contributed by atoms with van der Waals surface area (Å²) >= 11 is 3.16. The molecular formula is C13H12BrNO4. The minimum atomic E-state index is -0.526. The summed E-state index contributed by atoms with van der Waals surface area (Å²) in [5, 5.41) is 0. The van der Waals surface area contributed by atoms with Gasteiger partial charge in [0.05, 0.1) is 18.2 Å². The zero-order chi connectivity index (χ0) is 14.0. The van der Waals surface area contributed by atoms with Crippen molar-refractivity contribution in [3.05, 3.63) is 35.4 Å². The zero-order valence-electron chi connectivity index (χ0n) is 10.3. The van der Waals surface area contributed by atoms with Gasteiger partial charge in [0.15, 0.2) is 0 Å². The van der Waals surface area contributed by atoms with Crippen LogP contribution in [0.15, 0.2) is 24.3 Å². The van der Waals surface area contributed by atoms with Gasteiger partial charge in [-0.05, 0) is 18.6 Å². The van der Waals surface area contributed by atoms with Gasteiger partial charge < -0.3 is 4.74 Å². The molecule has 1 atom stereocenters. The lowest BCUT2D eigenvalue weighted by molar-refractivity contribution is -0.139. The quantitative estimate of drug-likeness (QED) is 0.479. The number of methoxy groups -OCH3 is 1. The molecule has 1 aliphatic heterocycles. The predicted octanol–water partition coefficient (Wildman–Crippen LogP) is 1.61. The highest BCUT2D eigenvalue weighted by molar-refractivity contribution is 9.10. The third-order valence-corrected chi connectivity index (χ3v) is 3.77. The van der Waals surface area contributed by atoms with Crippen LogP contribution >= 0.6 is 15.9 Å². The molecule has 2 amide bonds. The van der Waals surface area contributed by atoms with Gasteiger partial charge in [-0.25, -0.2) is 0 Å². The van der Waals surface area contributed by atoms with Gasteiger partial charge in [0.2, 0.25) is 0 Å². The van der Waals surface area contributed by atoms with E-state index in [1.54, 1.807) is 24.3 Å². The summed E-state index contributed by atoms with van der Waals surface area (Å²) in [7, 11) is 1.29. The highest BCUT2D eigenvalue weighted by Gasteiger charge is 2.35. The number of amides is 2. The summed E-state index contributed by atoms with van der Waals surface area (Å²) in [6.45, 7) is 0.178. The summed E-state index contributed by atoms with van der Waals surface area (Å²) in [5.41, 5.74) is 0.827. The Hall–Kier alpha value is -1.69. The molecule has 19 heavy (non-hydrogen) atoms. The number of alkyl halides is 1. The molecule has 0 aliphatic carbocycles. The average Bonchev–Trinajstić information content (AvgIpc) is 2.68. The van der Waals surface area contributed by atoms with Crippen molar-refractivity contribution in [2.75, 3.05) is 13.7 Å². The van der Waals surface area contributed by atoms with Gasteiger partial charge in [-0.3, -0.25) is 19.3 Å². The van der Waals surface area contributed by atoms with E-state index in [9.17, 15) is 14.4 Å². The molecular weight excluding hydrogens is 314 g/mol. The fourth-order valence-electron chi connectivity index (χ4n) is 1.93. The van der Waals surface area contributed by atoms with Gasteiger partial charge >= 0.3 is 5.97 Å². The molecule has 0 fully saturated rings. The maximum atomic E-state index is 12.0. The number of esters is 1. The van der Waals surface area contributed by atoms with Crippen LogP contribution < -0.4 is 0 Å². The second kappa shape index (κ2) is 5.52. The smallest absolute Gasteiger partial charge is 0.319 e. The number of nitrogens with zero attached hydrogens (tertiary/aromatic N) is 1. The highest BCUT2D eigenvalue weighted by atomic mass is 79.9. The molecule has 1 aromatic carbocycles. The number of fused-ring (bicyclic) bond motifs is 1. The van der Waals surface area contributed by atoms with Crippen molar-refractivity contribution in [2.45, 2.75) is 11.2 Å². The van der Waals surface area contributed by atoms with E-state index in [4.69, 9.17) is 0 Å². The Labute approximate surface area is 118 Å². The second-order valence-corrected chi connectivity index (χ2v) is 5.19. The van der Waals surface area contributed by atoms with Crippen LogP contribution in [0.4, 0.5) is 0 Å². The SMILES string of the molecule is COC(=O)C(Br)CCN1C(=O)c2ccccc2C1=O. The van der Waals surface area contributed by atoms with Crippen molar-refractivity contribution >= 4 is 33.7 Å². The van der Waals surface area contributed by atoms with Crippen molar-refractivity contribution in [2.24, 2.45) is 0 Å². The maximum absolute atomic E-state index is 12.0. The molecule has 1 heterocycles. The first-order valence-corrected chi connectivity index (χ1v) is 6.65. The van der Waals surface area contributed by atoms with E-state index in [1.165, 1.54) is 7.11 Å². The number of carbonyl (C=O) groups excluding carboxylic acids is 3. The fourth-order valence-corrected chi connectivity index (χ4v) is 2.32. The summed E-state index contributed by atoms with van der Waals surface area (Å²) in [5.74, 6) is -1.05. The molecule has 0 saturated carbocycles. The number of hydrogen-bond acceptors (Lipinski definition) is 4. The topological polar surface area (TPSA) is 63.7 Å². The molecule has 5 nitrogen and oxygen atoms in total. The van der Waals surface area contributed by atoms with E-state index in [0.29, 0.717) is 17.5 Å². The van der Waals surface area contributed by atoms with E-state index in [0.717, 1.165) is 4.90 Å². The third kappa shape index (κ3) is 2.53. The van der Waals surface area contributed by atoms with E-state index in [2.05, 4.69) is 20.7 Å². The predicted molar refractivity (Wildman–Crippen MR) is 71.2 cm³/mol. The molecule has 100 valence electrons. The first-order chi connectivity index (χ1) is 9.06. The molecule has 6 heteroatoms. The molecule has 0 saturated heterocycles. The Balaban J connectivity index is 2.07. The van der Waals surface area contributed by atoms with Crippen LogP contribution in [0.25, 0.3) is 0 Å². The third-order valence-electron chi connectivity index (χ3n) is 2.94. The molecule has 0 aromatic heterocycles. The zero-order valence-corrected chi connectivity index (χ0v) is 11.8. The Morgan fingerprint density at radius 3 is 2.26 bits per heavy atom. The number of carbonyl (C=O) groups is 3. The number of halogens is 1. The van der Waals surface area contributed by atoms with E-state index < -0.39 is 10.8 Å². The van der Waals surface area contributed by atoms with Crippen LogP contribution in [-0.4, -0.2) is 41.2 Å². The van der Waals surface area contributed by atoms with Crippen molar-refractivity contribution in [3.63, 3.8) is 0 Å². The van der Waals surface area contributed by atoms with E-state index in [-0.39, 0.29) is 18.4 Å². The van der Waals surface area contributed by atoms with Crippen LogP contribution in [0.2, 0.25) is 0 Å². The molecule has 0 spiro atoms. The summed E-state index contributed by atoms with van der Waals surface area (Å²) < 4.78 is 4.57. The number of rotatable bonds is 4. The number of imide groups is 1. The van der Waals surface area contributed by atoms with Gasteiger partial charge in [-0.1, -0.05) is 28.1 Å². The average molecular weight is 326 g/mol. The van der Waals surface area contributed by atoms with Gasteiger partial charge in [0, 0.05) is 6.54 Å².